The van der Waals surface area contributed by atoms with Crippen LogP contribution in [0.1, 0.15) is 60.8 Å². The molecule has 0 aliphatic carbocycles. The average Bonchev–Trinajstić information content (AvgIpc) is 3.34. The Morgan fingerprint density at radius 2 is 1.60 bits per heavy atom. The Morgan fingerprint density at radius 3 is 2.26 bits per heavy atom. The van der Waals surface area contributed by atoms with Crippen LogP contribution in [0.25, 0.3) is 6.08 Å². The summed E-state index contributed by atoms with van der Waals surface area (Å²) in [6, 6.07) is 17.3. The molecule has 1 aromatic heterocycles. The fourth-order valence-electron chi connectivity index (χ4n) is 5.11. The Labute approximate surface area is 292 Å². The number of carbonyl (C=O) groups is 2. The highest BCUT2D eigenvalue weighted by Gasteiger charge is 2.33. The lowest BCUT2D eigenvalue weighted by Crippen LogP contribution is -2.39. The quantitative estimate of drug-likeness (QED) is 0.161. The predicted octanol–water partition coefficient (Wildman–Crippen LogP) is 6.48. The van der Waals surface area contributed by atoms with Crippen molar-refractivity contribution in [2.45, 2.75) is 40.3 Å². The van der Waals surface area contributed by atoms with Gasteiger partial charge >= 0.3 is 11.9 Å². The first kappa shape index (κ1) is 34.3. The minimum atomic E-state index is -0.745. The number of thiazole rings is 1. The molecule has 5 rings (SSSR count). The number of nitrogens with zero attached hydrogens (tertiary/aromatic N) is 2. The second-order valence-corrected chi connectivity index (χ2v) is 13.1. The van der Waals surface area contributed by atoms with Gasteiger partial charge in [-0.25, -0.2) is 14.6 Å². The van der Waals surface area contributed by atoms with E-state index in [0.717, 1.165) is 15.6 Å². The summed E-state index contributed by atoms with van der Waals surface area (Å²) in [4.78, 5) is 44.6. The largest absolute Gasteiger partial charge is 0.494 e. The maximum atomic E-state index is 14.2. The Bertz CT molecular complexity index is 2020. The third-order valence-electron chi connectivity index (χ3n) is 7.20. The third-order valence-corrected chi connectivity index (χ3v) is 9.23. The molecule has 3 aromatic carbocycles. The van der Waals surface area contributed by atoms with Gasteiger partial charge in [0.05, 0.1) is 51.7 Å². The Morgan fingerprint density at radius 1 is 0.915 bits per heavy atom. The number of aromatic nitrogens is 1. The fraction of sp³-hybridized carbons (Fsp3) is 0.257. The molecule has 0 fully saturated rings. The lowest BCUT2D eigenvalue weighted by molar-refractivity contribution is -0.139. The smallest absolute Gasteiger partial charge is 0.338 e. The van der Waals surface area contributed by atoms with Gasteiger partial charge in [0, 0.05) is 10.0 Å². The van der Waals surface area contributed by atoms with Gasteiger partial charge in [-0.3, -0.25) is 9.36 Å². The van der Waals surface area contributed by atoms with Crippen LogP contribution in [-0.2, 0) is 20.9 Å². The summed E-state index contributed by atoms with van der Waals surface area (Å²) in [7, 11) is 0. The number of allylic oxidation sites excluding steroid dienone is 1. The van der Waals surface area contributed by atoms with Crippen LogP contribution in [0.4, 0.5) is 0 Å². The van der Waals surface area contributed by atoms with Gasteiger partial charge < -0.3 is 18.9 Å². The van der Waals surface area contributed by atoms with E-state index in [1.807, 2.05) is 43.3 Å². The van der Waals surface area contributed by atoms with Crippen LogP contribution in [0, 0.1) is 0 Å². The van der Waals surface area contributed by atoms with Crippen molar-refractivity contribution in [1.29, 1.82) is 0 Å². The highest BCUT2D eigenvalue weighted by Crippen LogP contribution is 2.35. The fourth-order valence-corrected chi connectivity index (χ4v) is 7.52. The van der Waals surface area contributed by atoms with E-state index in [1.54, 1.807) is 55.7 Å². The number of hydrogen-bond acceptors (Lipinski definition) is 9. The van der Waals surface area contributed by atoms with Crippen molar-refractivity contribution in [1.82, 2.24) is 4.57 Å². The van der Waals surface area contributed by atoms with Gasteiger partial charge in [-0.1, -0.05) is 51.5 Å². The van der Waals surface area contributed by atoms with Crippen molar-refractivity contribution in [2.24, 2.45) is 4.99 Å². The molecule has 1 aliphatic rings. The predicted molar refractivity (Wildman–Crippen MR) is 187 cm³/mol. The molecule has 0 saturated heterocycles. The highest BCUT2D eigenvalue weighted by molar-refractivity contribution is 9.11. The molecule has 0 amide bonds. The molecule has 0 N–H and O–H groups in total. The SMILES string of the molecule is CCOC(=O)C1=C(C)N=c2s/c(=C\c3cc(Br)cc(Br)c3OCc3ccc(C(=O)OCC)cc3)c(=O)n2[C@@H]1c1ccc(OCC)cc1. The molecule has 0 unspecified atom stereocenters. The number of esters is 2. The molecule has 2 heterocycles. The maximum Gasteiger partial charge on any atom is 0.338 e. The summed E-state index contributed by atoms with van der Waals surface area (Å²) in [5.41, 5.74) is 3.16. The van der Waals surface area contributed by atoms with E-state index in [1.165, 1.54) is 11.3 Å². The molecule has 12 heteroatoms. The van der Waals surface area contributed by atoms with Gasteiger partial charge in [0.1, 0.15) is 18.1 Å². The number of benzene rings is 3. The zero-order chi connectivity index (χ0) is 33.7. The number of hydrogen-bond donors (Lipinski definition) is 0. The second-order valence-electron chi connectivity index (χ2n) is 10.3. The number of rotatable bonds is 11. The van der Waals surface area contributed by atoms with E-state index in [2.05, 4.69) is 36.9 Å². The van der Waals surface area contributed by atoms with E-state index >= 15 is 0 Å². The van der Waals surface area contributed by atoms with Crippen molar-refractivity contribution >= 4 is 61.2 Å². The molecule has 47 heavy (non-hydrogen) atoms. The minimum Gasteiger partial charge on any atom is -0.494 e. The Balaban J connectivity index is 1.56. The van der Waals surface area contributed by atoms with Crippen molar-refractivity contribution in [3.63, 3.8) is 0 Å². The first-order chi connectivity index (χ1) is 22.6. The van der Waals surface area contributed by atoms with Gasteiger partial charge in [0.15, 0.2) is 4.80 Å². The molecular formula is C35H32Br2N2O7S. The van der Waals surface area contributed by atoms with Gasteiger partial charge in [-0.05, 0) is 97.2 Å². The zero-order valence-electron chi connectivity index (χ0n) is 26.2. The molecule has 0 bridgehead atoms. The zero-order valence-corrected chi connectivity index (χ0v) is 30.2. The van der Waals surface area contributed by atoms with Crippen LogP contribution in [0.3, 0.4) is 0 Å². The summed E-state index contributed by atoms with van der Waals surface area (Å²) in [5.74, 6) is 0.308. The number of fused-ring (bicyclic) bond motifs is 1. The Hall–Kier alpha value is -4.00. The normalized spacial score (nSPS) is 14.3. The van der Waals surface area contributed by atoms with E-state index in [0.29, 0.717) is 60.9 Å². The molecule has 1 atom stereocenters. The van der Waals surface area contributed by atoms with Gasteiger partial charge in [0.2, 0.25) is 0 Å². The average molecular weight is 785 g/mol. The molecular weight excluding hydrogens is 752 g/mol. The van der Waals surface area contributed by atoms with Crippen molar-refractivity contribution in [3.8, 4) is 11.5 Å². The van der Waals surface area contributed by atoms with Gasteiger partial charge in [0.25, 0.3) is 5.56 Å². The number of carbonyl (C=O) groups excluding carboxylic acids is 2. The van der Waals surface area contributed by atoms with E-state index in [-0.39, 0.29) is 24.7 Å². The van der Waals surface area contributed by atoms with Crippen LogP contribution in [0.2, 0.25) is 0 Å². The molecule has 0 spiro atoms. The summed E-state index contributed by atoms with van der Waals surface area (Å²) in [5, 5.41) is 0. The van der Waals surface area contributed by atoms with Crippen LogP contribution in [0.5, 0.6) is 11.5 Å². The summed E-state index contributed by atoms with van der Waals surface area (Å²) >= 11 is 8.39. The molecule has 4 aromatic rings. The summed E-state index contributed by atoms with van der Waals surface area (Å²) in [6.45, 7) is 8.37. The topological polar surface area (TPSA) is 105 Å². The molecule has 0 saturated carbocycles. The first-order valence-electron chi connectivity index (χ1n) is 14.9. The Kier molecular flexibility index (Phi) is 11.2. The van der Waals surface area contributed by atoms with Crippen molar-refractivity contribution in [3.05, 3.63) is 123 Å². The molecule has 9 nitrogen and oxygen atoms in total. The number of ether oxygens (including phenoxy) is 4. The summed E-state index contributed by atoms with van der Waals surface area (Å²) < 4.78 is 25.8. The lowest BCUT2D eigenvalue weighted by atomic mass is 9.96. The van der Waals surface area contributed by atoms with Gasteiger partial charge in [-0.15, -0.1) is 0 Å². The summed E-state index contributed by atoms with van der Waals surface area (Å²) in [6.07, 6.45) is 1.76. The molecule has 244 valence electrons. The third kappa shape index (κ3) is 7.61. The first-order valence-corrected chi connectivity index (χ1v) is 17.4. The highest BCUT2D eigenvalue weighted by atomic mass is 79.9. The van der Waals surface area contributed by atoms with Crippen LogP contribution < -0.4 is 24.4 Å². The van der Waals surface area contributed by atoms with E-state index in [4.69, 9.17) is 18.9 Å². The number of halogens is 2. The molecule has 1 aliphatic heterocycles. The van der Waals surface area contributed by atoms with Gasteiger partial charge in [-0.2, -0.15) is 0 Å². The second kappa shape index (κ2) is 15.3. The van der Waals surface area contributed by atoms with E-state index < -0.39 is 12.0 Å². The van der Waals surface area contributed by atoms with E-state index in [9.17, 15) is 14.4 Å². The maximum absolute atomic E-state index is 14.2. The molecule has 0 radical (unpaired) electrons. The lowest BCUT2D eigenvalue weighted by Gasteiger charge is -2.24. The standard InChI is InChI=1S/C35H32Br2N2O7S/c1-5-43-26-14-12-22(13-15-26)30-29(34(42)45-7-3)20(4)38-35-39(30)32(40)28(47-35)17-24-16-25(36)18-27(37)31(24)46-19-21-8-10-23(11-9-21)33(41)44-6-2/h8-18,30H,5-7,19H2,1-4H3/b28-17-/t30-/m1/s1. The minimum absolute atomic E-state index is 0.187. The van der Waals surface area contributed by atoms with Crippen molar-refractivity contribution < 1.29 is 28.5 Å². The monoisotopic (exact) mass is 782 g/mol. The van der Waals surface area contributed by atoms with Crippen molar-refractivity contribution in [2.75, 3.05) is 19.8 Å². The van der Waals surface area contributed by atoms with Crippen LogP contribution >= 0.6 is 43.2 Å². The van der Waals surface area contributed by atoms with Crippen LogP contribution in [-0.4, -0.2) is 36.3 Å². The van der Waals surface area contributed by atoms with Crippen LogP contribution in [0.15, 0.2) is 90.7 Å².